The van der Waals surface area contributed by atoms with Crippen LogP contribution in [0.25, 0.3) is 11.1 Å². The Balaban J connectivity index is 1.03. The number of carbonyl (C=O) groups is 1. The molecular weight excluding hydrogens is 752 g/mol. The topological polar surface area (TPSA) is 128 Å². The van der Waals surface area contributed by atoms with E-state index < -0.39 is 12.0 Å². The first-order valence-corrected chi connectivity index (χ1v) is 21.1. The number of hydrogen-bond donors (Lipinski definition) is 2. The van der Waals surface area contributed by atoms with E-state index in [1.54, 1.807) is 18.3 Å². The van der Waals surface area contributed by atoms with Crippen molar-refractivity contribution in [1.29, 1.82) is 5.26 Å². The number of aliphatic carboxylic acids is 1. The van der Waals surface area contributed by atoms with E-state index in [1.807, 2.05) is 23.1 Å². The van der Waals surface area contributed by atoms with Gasteiger partial charge in [0.1, 0.15) is 42.6 Å². The van der Waals surface area contributed by atoms with Gasteiger partial charge in [-0.1, -0.05) is 48.4 Å². The standard InChI is InChI=1S/C47H55ClN4O6/c1-32-36(9-5-10-39(32)40-11-6-13-43(33(40)2)56-20-8-18-51-17-7-15-47(31-51)16-14-38(53)24-47)30-58-45-23-44(57-29-35-21-34(25-49)26-50-27-35)37(22-41(45)48)28-52-19-4-3-12-42(52)46(54)55/h5-6,9-11,13,21-23,26-27,38,42,53H,3-4,7-8,12,14-20,24,28-31H2,1-2H3,(H,54,55)/t38?,42-,47?/m0/s1. The number of aliphatic hydroxyl groups excluding tert-OH is 1. The maximum Gasteiger partial charge on any atom is 0.320 e. The number of carboxylic acid groups (broad SMARTS) is 1. The number of nitrogens with zero attached hydrogens (tertiary/aromatic N) is 4. The number of nitriles is 1. The van der Waals surface area contributed by atoms with Crippen LogP contribution >= 0.6 is 11.6 Å². The summed E-state index contributed by atoms with van der Waals surface area (Å²) in [5.41, 5.74) is 7.66. The Bertz CT molecular complexity index is 2120. The van der Waals surface area contributed by atoms with Crippen LogP contribution < -0.4 is 14.2 Å². The molecule has 3 heterocycles. The van der Waals surface area contributed by atoms with Crippen LogP contribution in [0.15, 0.2) is 67.0 Å². The van der Waals surface area contributed by atoms with E-state index >= 15 is 0 Å². The lowest BCUT2D eigenvalue weighted by atomic mass is 9.78. The van der Waals surface area contributed by atoms with Crippen LogP contribution in [0.2, 0.25) is 5.02 Å². The Hall–Kier alpha value is -4.66. The molecule has 3 atom stereocenters. The van der Waals surface area contributed by atoms with Gasteiger partial charge < -0.3 is 29.3 Å². The van der Waals surface area contributed by atoms with E-state index in [-0.39, 0.29) is 19.3 Å². The number of carboxylic acids is 1. The lowest BCUT2D eigenvalue weighted by Crippen LogP contribution is -2.44. The number of rotatable bonds is 15. The number of likely N-dealkylation sites (tertiary alicyclic amines) is 2. The minimum absolute atomic E-state index is 0.127. The molecule has 2 unspecified atom stereocenters. The normalized spacial score (nSPS) is 21.2. The van der Waals surface area contributed by atoms with E-state index in [9.17, 15) is 20.3 Å². The van der Waals surface area contributed by atoms with Crippen LogP contribution in [0.1, 0.15) is 91.2 Å². The third-order valence-corrected chi connectivity index (χ3v) is 12.7. The highest BCUT2D eigenvalue weighted by Gasteiger charge is 2.41. The number of halogens is 1. The molecule has 306 valence electrons. The van der Waals surface area contributed by atoms with Gasteiger partial charge in [0.2, 0.25) is 0 Å². The summed E-state index contributed by atoms with van der Waals surface area (Å²) >= 11 is 6.89. The largest absolute Gasteiger partial charge is 0.493 e. The van der Waals surface area contributed by atoms with Crippen molar-refractivity contribution in [3.05, 3.63) is 105 Å². The lowest BCUT2D eigenvalue weighted by molar-refractivity contribution is -0.144. The van der Waals surface area contributed by atoms with Gasteiger partial charge in [0.05, 0.1) is 23.3 Å². The number of hydrogen-bond acceptors (Lipinski definition) is 9. The summed E-state index contributed by atoms with van der Waals surface area (Å²) in [6, 6.07) is 19.3. The average Bonchev–Trinajstić information content (AvgIpc) is 3.58. The van der Waals surface area contributed by atoms with Crippen molar-refractivity contribution in [2.45, 2.75) is 104 Å². The molecule has 1 spiro atoms. The monoisotopic (exact) mass is 806 g/mol. The van der Waals surface area contributed by atoms with Crippen molar-refractivity contribution >= 4 is 17.6 Å². The van der Waals surface area contributed by atoms with Crippen molar-refractivity contribution in [3.63, 3.8) is 0 Å². The summed E-state index contributed by atoms with van der Waals surface area (Å²) in [5, 5.41) is 29.9. The highest BCUT2D eigenvalue weighted by atomic mass is 35.5. The highest BCUT2D eigenvalue weighted by Crippen LogP contribution is 2.45. The summed E-state index contributed by atoms with van der Waals surface area (Å²) in [6.45, 7) is 9.55. The minimum Gasteiger partial charge on any atom is -0.493 e. The quantitative estimate of drug-likeness (QED) is 0.113. The molecule has 3 aromatic carbocycles. The summed E-state index contributed by atoms with van der Waals surface area (Å²) in [5.74, 6) is 1.04. The smallest absolute Gasteiger partial charge is 0.320 e. The second-order valence-electron chi connectivity index (χ2n) is 16.5. The molecule has 3 fully saturated rings. The zero-order valence-electron chi connectivity index (χ0n) is 33.7. The Kier molecular flexibility index (Phi) is 13.6. The molecule has 1 saturated carbocycles. The number of pyridine rings is 1. The van der Waals surface area contributed by atoms with Gasteiger partial charge in [-0.05, 0) is 130 Å². The first-order valence-electron chi connectivity index (χ1n) is 20.7. The Morgan fingerprint density at radius 2 is 1.72 bits per heavy atom. The van der Waals surface area contributed by atoms with E-state index in [2.05, 4.69) is 54.1 Å². The molecule has 4 aromatic rings. The predicted molar refractivity (Wildman–Crippen MR) is 224 cm³/mol. The lowest BCUT2D eigenvalue weighted by Gasteiger charge is -2.40. The third kappa shape index (κ3) is 9.95. The van der Waals surface area contributed by atoms with Crippen molar-refractivity contribution in [2.75, 3.05) is 32.8 Å². The molecule has 10 nitrogen and oxygen atoms in total. The Morgan fingerprint density at radius 1 is 0.914 bits per heavy atom. The Labute approximate surface area is 347 Å². The molecule has 2 aliphatic heterocycles. The Morgan fingerprint density at radius 3 is 2.52 bits per heavy atom. The molecule has 1 aliphatic carbocycles. The summed E-state index contributed by atoms with van der Waals surface area (Å²) in [4.78, 5) is 20.8. The van der Waals surface area contributed by atoms with E-state index in [4.69, 9.17) is 25.8 Å². The molecule has 0 amide bonds. The van der Waals surface area contributed by atoms with Crippen LogP contribution in [0.3, 0.4) is 0 Å². The first kappa shape index (κ1) is 41.5. The molecule has 1 aromatic heterocycles. The van der Waals surface area contributed by atoms with Crippen molar-refractivity contribution in [1.82, 2.24) is 14.8 Å². The first-order chi connectivity index (χ1) is 28.1. The SMILES string of the molecule is Cc1c(COc2cc(OCc3cncc(C#N)c3)c(CN3CCCC[C@H]3C(=O)O)cc2Cl)cccc1-c1cccc(OCCCN2CCCC3(CCC(O)C3)C2)c1C. The molecule has 11 heteroatoms. The van der Waals surface area contributed by atoms with Gasteiger partial charge in [-0.3, -0.25) is 14.7 Å². The molecule has 0 radical (unpaired) electrons. The van der Waals surface area contributed by atoms with Crippen LogP contribution in [0, 0.1) is 30.6 Å². The van der Waals surface area contributed by atoms with E-state index in [0.29, 0.717) is 53.6 Å². The molecule has 0 bridgehead atoms. The fourth-order valence-electron chi connectivity index (χ4n) is 9.28. The maximum absolute atomic E-state index is 12.1. The molecule has 7 rings (SSSR count). The van der Waals surface area contributed by atoms with Gasteiger partial charge in [-0.25, -0.2) is 0 Å². The minimum atomic E-state index is -0.831. The third-order valence-electron chi connectivity index (χ3n) is 12.4. The molecule has 2 N–H and O–H groups in total. The van der Waals surface area contributed by atoms with Crippen LogP contribution in [-0.4, -0.2) is 75.9 Å². The summed E-state index contributed by atoms with van der Waals surface area (Å²) < 4.78 is 19.1. The zero-order valence-corrected chi connectivity index (χ0v) is 34.5. The second-order valence-corrected chi connectivity index (χ2v) is 16.9. The number of benzene rings is 3. The maximum atomic E-state index is 12.1. The van der Waals surface area contributed by atoms with Gasteiger partial charge in [0.15, 0.2) is 0 Å². The van der Waals surface area contributed by atoms with Crippen molar-refractivity contribution in [2.24, 2.45) is 5.41 Å². The number of piperidine rings is 2. The number of aromatic nitrogens is 1. The molecule has 2 saturated heterocycles. The van der Waals surface area contributed by atoms with Gasteiger partial charge in [0, 0.05) is 49.2 Å². The van der Waals surface area contributed by atoms with Gasteiger partial charge in [-0.15, -0.1) is 0 Å². The highest BCUT2D eigenvalue weighted by molar-refractivity contribution is 6.32. The molecule has 58 heavy (non-hydrogen) atoms. The van der Waals surface area contributed by atoms with Crippen LogP contribution in [0.4, 0.5) is 0 Å². The summed E-state index contributed by atoms with van der Waals surface area (Å²) in [6.07, 6.45) is 11.9. The number of aliphatic hydroxyl groups is 1. The van der Waals surface area contributed by atoms with Gasteiger partial charge in [0.25, 0.3) is 0 Å². The van der Waals surface area contributed by atoms with E-state index in [1.165, 1.54) is 19.0 Å². The van der Waals surface area contributed by atoms with Crippen molar-refractivity contribution in [3.8, 4) is 34.4 Å². The molecular formula is C47H55ClN4O6. The van der Waals surface area contributed by atoms with E-state index in [0.717, 1.165) is 103 Å². The van der Waals surface area contributed by atoms with Gasteiger partial charge >= 0.3 is 5.97 Å². The second kappa shape index (κ2) is 18.9. The summed E-state index contributed by atoms with van der Waals surface area (Å²) in [7, 11) is 0. The predicted octanol–water partition coefficient (Wildman–Crippen LogP) is 8.88. The fourth-order valence-corrected chi connectivity index (χ4v) is 9.52. The van der Waals surface area contributed by atoms with Gasteiger partial charge in [-0.2, -0.15) is 5.26 Å². The van der Waals surface area contributed by atoms with Crippen LogP contribution in [0.5, 0.6) is 17.2 Å². The molecule has 3 aliphatic rings. The zero-order chi connectivity index (χ0) is 40.6. The average molecular weight is 807 g/mol. The fraction of sp³-hybridized carbons (Fsp3) is 0.468. The van der Waals surface area contributed by atoms with Crippen LogP contribution in [-0.2, 0) is 24.6 Å². The number of ether oxygens (including phenoxy) is 3. The van der Waals surface area contributed by atoms with Crippen molar-refractivity contribution < 1.29 is 29.2 Å².